The Bertz CT molecular complexity index is 1360. The highest BCUT2D eigenvalue weighted by atomic mass is 16.3. The molecule has 0 saturated carbocycles. The Morgan fingerprint density at radius 2 is 1.88 bits per heavy atom. The third kappa shape index (κ3) is 3.97. The fourth-order valence-corrected chi connectivity index (χ4v) is 4.42. The summed E-state index contributed by atoms with van der Waals surface area (Å²) in [6.45, 7) is 7.79. The van der Waals surface area contributed by atoms with Gasteiger partial charge in [-0.1, -0.05) is 6.07 Å². The average Bonchev–Trinajstić information content (AvgIpc) is 3.18. The number of phenolic OH excluding ortho intramolecular Hbond substituents is 1. The molecule has 4 aromatic rings. The standard InChI is InChI=1S/C24H24N8O/c1-14-11-32(12-15(2)27-14)24-26-9-21(29-30-24)20-5-4-17(7-22(20)33)19-6-18(8-25)23-28-16(3)10-31(23)13-19/h4-7,9-10,13-15,27,33H,11-12H2,1-3H3/t14-,15+. The van der Waals surface area contributed by atoms with E-state index in [0.29, 0.717) is 40.5 Å². The number of nitrogens with one attached hydrogen (secondary N) is 1. The van der Waals surface area contributed by atoms with Crippen LogP contribution in [-0.2, 0) is 0 Å². The highest BCUT2D eigenvalue weighted by Crippen LogP contribution is 2.33. The van der Waals surface area contributed by atoms with Gasteiger partial charge in [0.1, 0.15) is 17.5 Å². The van der Waals surface area contributed by atoms with Crippen LogP contribution in [-0.4, -0.2) is 54.8 Å². The van der Waals surface area contributed by atoms with Gasteiger partial charge in [0.25, 0.3) is 0 Å². The van der Waals surface area contributed by atoms with Crippen LogP contribution in [0.25, 0.3) is 28.0 Å². The Morgan fingerprint density at radius 3 is 2.55 bits per heavy atom. The summed E-state index contributed by atoms with van der Waals surface area (Å²) < 4.78 is 1.83. The number of nitrogens with zero attached hydrogens (tertiary/aromatic N) is 7. The minimum absolute atomic E-state index is 0.0705. The topological polar surface area (TPSA) is 115 Å². The number of aromatic hydroxyl groups is 1. The van der Waals surface area contributed by atoms with E-state index in [9.17, 15) is 10.4 Å². The number of hydrogen-bond donors (Lipinski definition) is 2. The van der Waals surface area contributed by atoms with Gasteiger partial charge < -0.3 is 19.7 Å². The Hall–Kier alpha value is -4.03. The monoisotopic (exact) mass is 440 g/mol. The number of fused-ring (bicyclic) bond motifs is 1. The fraction of sp³-hybridized carbons (Fsp3) is 0.292. The Kier molecular flexibility index (Phi) is 5.15. The molecule has 33 heavy (non-hydrogen) atoms. The highest BCUT2D eigenvalue weighted by molar-refractivity contribution is 5.75. The van der Waals surface area contributed by atoms with Crippen LogP contribution in [0.1, 0.15) is 25.1 Å². The number of phenols is 1. The van der Waals surface area contributed by atoms with E-state index < -0.39 is 0 Å². The lowest BCUT2D eigenvalue weighted by Gasteiger charge is -2.35. The maximum atomic E-state index is 10.7. The number of imidazole rings is 1. The van der Waals surface area contributed by atoms with Crippen molar-refractivity contribution in [2.75, 3.05) is 18.0 Å². The van der Waals surface area contributed by atoms with E-state index in [0.717, 1.165) is 29.9 Å². The Balaban J connectivity index is 1.44. The Morgan fingerprint density at radius 1 is 1.09 bits per heavy atom. The van der Waals surface area contributed by atoms with Gasteiger partial charge in [0, 0.05) is 43.1 Å². The minimum atomic E-state index is 0.0705. The van der Waals surface area contributed by atoms with Crippen LogP contribution in [0.3, 0.4) is 0 Å². The lowest BCUT2D eigenvalue weighted by Crippen LogP contribution is -2.54. The van der Waals surface area contributed by atoms with Crippen molar-refractivity contribution in [2.45, 2.75) is 32.9 Å². The van der Waals surface area contributed by atoms with Crippen molar-refractivity contribution in [3.63, 3.8) is 0 Å². The second-order valence-corrected chi connectivity index (χ2v) is 8.62. The summed E-state index contributed by atoms with van der Waals surface area (Å²) in [6, 6.07) is 10.0. The molecule has 0 spiro atoms. The van der Waals surface area contributed by atoms with Crippen molar-refractivity contribution in [2.24, 2.45) is 0 Å². The van der Waals surface area contributed by atoms with E-state index in [1.807, 2.05) is 29.8 Å². The van der Waals surface area contributed by atoms with Crippen molar-refractivity contribution >= 4 is 11.6 Å². The second kappa shape index (κ2) is 8.15. The smallest absolute Gasteiger partial charge is 0.245 e. The molecule has 1 aliphatic rings. The number of aromatic nitrogens is 5. The van der Waals surface area contributed by atoms with Crippen LogP contribution in [0, 0.1) is 18.3 Å². The molecule has 1 aromatic carbocycles. The zero-order valence-corrected chi connectivity index (χ0v) is 18.7. The van der Waals surface area contributed by atoms with E-state index in [1.165, 1.54) is 0 Å². The molecule has 1 aliphatic heterocycles. The quantitative estimate of drug-likeness (QED) is 0.500. The number of nitriles is 1. The van der Waals surface area contributed by atoms with Gasteiger partial charge in [-0.15, -0.1) is 10.2 Å². The first kappa shape index (κ1) is 20.8. The van der Waals surface area contributed by atoms with Crippen LogP contribution in [0.15, 0.2) is 42.9 Å². The average molecular weight is 441 g/mol. The number of rotatable bonds is 3. The predicted molar refractivity (Wildman–Crippen MR) is 125 cm³/mol. The van der Waals surface area contributed by atoms with Gasteiger partial charge in [0.2, 0.25) is 5.95 Å². The van der Waals surface area contributed by atoms with Crippen LogP contribution in [0.4, 0.5) is 5.95 Å². The Labute approximate surface area is 191 Å². The largest absolute Gasteiger partial charge is 0.507 e. The zero-order valence-electron chi connectivity index (χ0n) is 18.7. The van der Waals surface area contributed by atoms with Gasteiger partial charge in [-0.3, -0.25) is 0 Å². The molecule has 0 bridgehead atoms. The SMILES string of the molecule is Cc1cn2cc(-c3ccc(-c4cnc(N5C[C@@H](C)N[C@@H](C)C5)nn4)c(O)c3)cc(C#N)c2n1. The van der Waals surface area contributed by atoms with Crippen molar-refractivity contribution < 1.29 is 5.11 Å². The molecule has 0 radical (unpaired) electrons. The number of benzene rings is 1. The molecular weight excluding hydrogens is 416 g/mol. The van der Waals surface area contributed by atoms with E-state index in [4.69, 9.17) is 0 Å². The number of hydrogen-bond acceptors (Lipinski definition) is 8. The van der Waals surface area contributed by atoms with Crippen molar-refractivity contribution in [1.29, 1.82) is 5.26 Å². The number of aryl methyl sites for hydroxylation is 1. The van der Waals surface area contributed by atoms with Crippen LogP contribution < -0.4 is 10.2 Å². The molecule has 166 valence electrons. The lowest BCUT2D eigenvalue weighted by atomic mass is 10.0. The fourth-order valence-electron chi connectivity index (χ4n) is 4.42. The minimum Gasteiger partial charge on any atom is -0.507 e. The first-order valence-electron chi connectivity index (χ1n) is 10.8. The molecule has 1 saturated heterocycles. The second-order valence-electron chi connectivity index (χ2n) is 8.62. The molecule has 0 unspecified atom stereocenters. The van der Waals surface area contributed by atoms with Gasteiger partial charge in [0.15, 0.2) is 5.65 Å². The summed E-state index contributed by atoms with van der Waals surface area (Å²) in [6.07, 6.45) is 5.41. The third-order valence-corrected chi connectivity index (χ3v) is 5.79. The van der Waals surface area contributed by atoms with Gasteiger partial charge in [-0.05, 0) is 50.1 Å². The molecule has 1 fully saturated rings. The van der Waals surface area contributed by atoms with Crippen molar-refractivity contribution in [3.8, 4) is 34.2 Å². The van der Waals surface area contributed by atoms with E-state index in [1.54, 1.807) is 24.4 Å². The summed E-state index contributed by atoms with van der Waals surface area (Å²) in [5.41, 5.74) is 4.56. The predicted octanol–water partition coefficient (Wildman–Crippen LogP) is 2.93. The van der Waals surface area contributed by atoms with Crippen LogP contribution in [0.5, 0.6) is 5.75 Å². The molecule has 9 nitrogen and oxygen atoms in total. The summed E-state index contributed by atoms with van der Waals surface area (Å²) >= 11 is 0. The van der Waals surface area contributed by atoms with E-state index >= 15 is 0 Å². The molecule has 4 heterocycles. The van der Waals surface area contributed by atoms with Crippen molar-refractivity contribution in [1.82, 2.24) is 29.9 Å². The molecule has 2 N–H and O–H groups in total. The summed E-state index contributed by atoms with van der Waals surface area (Å²) in [7, 11) is 0. The van der Waals surface area contributed by atoms with Crippen LogP contribution in [0.2, 0.25) is 0 Å². The van der Waals surface area contributed by atoms with Gasteiger partial charge in [-0.25, -0.2) is 9.97 Å². The maximum absolute atomic E-state index is 10.7. The van der Waals surface area contributed by atoms with Gasteiger partial charge >= 0.3 is 0 Å². The molecule has 0 amide bonds. The van der Waals surface area contributed by atoms with Crippen LogP contribution >= 0.6 is 0 Å². The first-order chi connectivity index (χ1) is 15.9. The number of pyridine rings is 1. The molecule has 3 aromatic heterocycles. The third-order valence-electron chi connectivity index (χ3n) is 5.79. The molecule has 9 heteroatoms. The maximum Gasteiger partial charge on any atom is 0.245 e. The molecular formula is C24H24N8O. The number of anilines is 1. The normalized spacial score (nSPS) is 18.4. The number of piperazine rings is 1. The van der Waals surface area contributed by atoms with Crippen molar-refractivity contribution in [3.05, 3.63) is 54.1 Å². The summed E-state index contributed by atoms with van der Waals surface area (Å²) in [5, 5.41) is 32.4. The highest BCUT2D eigenvalue weighted by Gasteiger charge is 2.23. The summed E-state index contributed by atoms with van der Waals surface area (Å²) in [4.78, 5) is 11.0. The summed E-state index contributed by atoms with van der Waals surface area (Å²) in [5.74, 6) is 0.657. The first-order valence-corrected chi connectivity index (χ1v) is 10.8. The van der Waals surface area contributed by atoms with Gasteiger partial charge in [0.05, 0.1) is 17.5 Å². The van der Waals surface area contributed by atoms with E-state index in [2.05, 4.69) is 50.3 Å². The molecule has 5 rings (SSSR count). The zero-order chi connectivity index (χ0) is 23.1. The van der Waals surface area contributed by atoms with E-state index in [-0.39, 0.29) is 5.75 Å². The molecule has 0 aliphatic carbocycles. The molecule has 2 atom stereocenters. The lowest BCUT2D eigenvalue weighted by molar-refractivity contribution is 0.402. The van der Waals surface area contributed by atoms with Gasteiger partial charge in [-0.2, -0.15) is 5.26 Å².